The summed E-state index contributed by atoms with van der Waals surface area (Å²) in [7, 11) is 0. The third kappa shape index (κ3) is 12.3. The van der Waals surface area contributed by atoms with E-state index in [0.717, 1.165) is 38.5 Å². The van der Waals surface area contributed by atoms with Crippen LogP contribution in [0.15, 0.2) is 0 Å². The highest BCUT2D eigenvalue weighted by Crippen LogP contribution is 2.37. The minimum Gasteiger partial charge on any atom is -0.481 e. The van der Waals surface area contributed by atoms with Crippen molar-refractivity contribution in [2.75, 3.05) is 0 Å². The van der Waals surface area contributed by atoms with Crippen LogP contribution in [0.25, 0.3) is 0 Å². The van der Waals surface area contributed by atoms with Gasteiger partial charge in [-0.2, -0.15) is 0 Å². The molecule has 0 fully saturated rings. The smallest absolute Gasteiger partial charge is 0.309 e. The van der Waals surface area contributed by atoms with Crippen molar-refractivity contribution in [2.24, 2.45) is 17.3 Å². The van der Waals surface area contributed by atoms with Crippen molar-refractivity contribution >= 4 is 11.9 Å². The molecule has 0 aromatic carbocycles. The van der Waals surface area contributed by atoms with Crippen molar-refractivity contribution in [3.05, 3.63) is 0 Å². The fraction of sp³-hybridized carbons (Fsp3) is 0.909. The SMILES string of the molecule is CC(C)CCCCCC(CCCCCC(C)C)(CCCC(=O)O)C(=O)O. The molecule has 0 atom stereocenters. The third-order valence-corrected chi connectivity index (χ3v) is 5.37. The van der Waals surface area contributed by atoms with Crippen molar-refractivity contribution in [1.29, 1.82) is 0 Å². The molecular weight excluding hydrogens is 328 g/mol. The van der Waals surface area contributed by atoms with Gasteiger partial charge in [0.05, 0.1) is 5.41 Å². The largest absolute Gasteiger partial charge is 0.481 e. The second-order valence-electron chi connectivity index (χ2n) is 8.82. The summed E-state index contributed by atoms with van der Waals surface area (Å²) in [5.74, 6) is -0.180. The summed E-state index contributed by atoms with van der Waals surface area (Å²) in [4.78, 5) is 22.9. The van der Waals surface area contributed by atoms with Crippen LogP contribution in [0.3, 0.4) is 0 Å². The van der Waals surface area contributed by atoms with Crippen LogP contribution in [0, 0.1) is 17.3 Å². The number of rotatable bonds is 17. The first-order valence-corrected chi connectivity index (χ1v) is 10.6. The van der Waals surface area contributed by atoms with E-state index in [0.29, 0.717) is 37.5 Å². The summed E-state index contributed by atoms with van der Waals surface area (Å²) in [6.07, 6.45) is 11.1. The Hall–Kier alpha value is -1.06. The Morgan fingerprint density at radius 3 is 1.46 bits per heavy atom. The summed E-state index contributed by atoms with van der Waals surface area (Å²) in [6.45, 7) is 8.85. The number of carboxylic acids is 2. The maximum absolute atomic E-state index is 12.1. The van der Waals surface area contributed by atoms with Gasteiger partial charge in [0.1, 0.15) is 0 Å². The number of hydrogen-bond donors (Lipinski definition) is 2. The number of carbonyl (C=O) groups is 2. The minimum absolute atomic E-state index is 0.0652. The molecule has 0 aliphatic carbocycles. The highest BCUT2D eigenvalue weighted by molar-refractivity contribution is 5.74. The predicted molar refractivity (Wildman–Crippen MR) is 107 cm³/mol. The van der Waals surface area contributed by atoms with Gasteiger partial charge in [-0.1, -0.05) is 79.1 Å². The van der Waals surface area contributed by atoms with E-state index < -0.39 is 17.4 Å². The third-order valence-electron chi connectivity index (χ3n) is 5.37. The quantitative estimate of drug-likeness (QED) is 0.286. The fourth-order valence-corrected chi connectivity index (χ4v) is 3.66. The van der Waals surface area contributed by atoms with Crippen LogP contribution in [0.1, 0.15) is 111 Å². The van der Waals surface area contributed by atoms with Gasteiger partial charge in [-0.25, -0.2) is 0 Å². The van der Waals surface area contributed by atoms with E-state index in [1.807, 2.05) is 0 Å². The van der Waals surface area contributed by atoms with Crippen molar-refractivity contribution in [3.8, 4) is 0 Å². The monoisotopic (exact) mass is 370 g/mol. The fourth-order valence-electron chi connectivity index (χ4n) is 3.66. The average molecular weight is 371 g/mol. The summed E-state index contributed by atoms with van der Waals surface area (Å²) in [5.41, 5.74) is -0.731. The van der Waals surface area contributed by atoms with E-state index in [1.54, 1.807) is 0 Å². The van der Waals surface area contributed by atoms with Gasteiger partial charge in [-0.05, 0) is 37.5 Å². The van der Waals surface area contributed by atoms with Crippen LogP contribution in [-0.2, 0) is 9.59 Å². The molecular formula is C22H42O4. The zero-order valence-electron chi connectivity index (χ0n) is 17.6. The molecule has 0 rings (SSSR count). The molecule has 4 nitrogen and oxygen atoms in total. The standard InChI is InChI=1S/C22H42O4/c1-18(2)12-7-5-9-15-22(21(25)26,17-11-14-20(23)24)16-10-6-8-13-19(3)4/h18-19H,5-17H2,1-4H3,(H,23,24)(H,25,26). The first-order valence-electron chi connectivity index (χ1n) is 10.6. The van der Waals surface area contributed by atoms with Crippen LogP contribution < -0.4 is 0 Å². The predicted octanol–water partition coefficient (Wildman–Crippen LogP) is 6.53. The summed E-state index contributed by atoms with van der Waals surface area (Å²) >= 11 is 0. The normalized spacial score (nSPS) is 12.1. The lowest BCUT2D eigenvalue weighted by Crippen LogP contribution is -2.31. The highest BCUT2D eigenvalue weighted by Gasteiger charge is 2.36. The van der Waals surface area contributed by atoms with Crippen LogP contribution in [0.5, 0.6) is 0 Å². The average Bonchev–Trinajstić information content (AvgIpc) is 2.52. The Morgan fingerprint density at radius 1 is 0.692 bits per heavy atom. The van der Waals surface area contributed by atoms with Gasteiger partial charge < -0.3 is 10.2 Å². The molecule has 2 N–H and O–H groups in total. The Kier molecular flexibility index (Phi) is 13.5. The molecule has 0 saturated carbocycles. The molecule has 0 heterocycles. The van der Waals surface area contributed by atoms with Crippen molar-refractivity contribution in [2.45, 2.75) is 111 Å². The molecule has 0 radical (unpaired) electrons. The summed E-state index contributed by atoms with van der Waals surface area (Å²) in [5, 5.41) is 18.8. The lowest BCUT2D eigenvalue weighted by atomic mass is 9.74. The van der Waals surface area contributed by atoms with Crippen molar-refractivity contribution in [1.82, 2.24) is 0 Å². The lowest BCUT2D eigenvalue weighted by molar-refractivity contribution is -0.151. The van der Waals surface area contributed by atoms with Crippen molar-refractivity contribution in [3.63, 3.8) is 0 Å². The van der Waals surface area contributed by atoms with Gasteiger partial charge in [-0.15, -0.1) is 0 Å². The van der Waals surface area contributed by atoms with Gasteiger partial charge in [0.15, 0.2) is 0 Å². The molecule has 4 heteroatoms. The van der Waals surface area contributed by atoms with Gasteiger partial charge in [-0.3, -0.25) is 9.59 Å². The van der Waals surface area contributed by atoms with Gasteiger partial charge >= 0.3 is 11.9 Å². The minimum atomic E-state index is -0.835. The maximum atomic E-state index is 12.1. The van der Waals surface area contributed by atoms with E-state index in [9.17, 15) is 14.7 Å². The highest BCUT2D eigenvalue weighted by atomic mass is 16.4. The maximum Gasteiger partial charge on any atom is 0.309 e. The zero-order chi connectivity index (χ0) is 20.0. The van der Waals surface area contributed by atoms with Gasteiger partial charge in [0.25, 0.3) is 0 Å². The molecule has 0 unspecified atom stereocenters. The van der Waals surface area contributed by atoms with E-state index in [1.165, 1.54) is 12.8 Å². The number of carboxylic acid groups (broad SMARTS) is 2. The zero-order valence-corrected chi connectivity index (χ0v) is 17.6. The first-order chi connectivity index (χ1) is 12.2. The molecule has 0 amide bonds. The van der Waals surface area contributed by atoms with E-state index >= 15 is 0 Å². The van der Waals surface area contributed by atoms with E-state index in [-0.39, 0.29) is 6.42 Å². The second-order valence-corrected chi connectivity index (χ2v) is 8.82. The summed E-state index contributed by atoms with van der Waals surface area (Å²) in [6, 6.07) is 0. The Morgan fingerprint density at radius 2 is 1.12 bits per heavy atom. The van der Waals surface area contributed by atoms with Crippen LogP contribution in [0.4, 0.5) is 0 Å². The molecule has 0 saturated heterocycles. The number of aliphatic carboxylic acids is 2. The lowest BCUT2D eigenvalue weighted by Gasteiger charge is -2.30. The molecule has 26 heavy (non-hydrogen) atoms. The number of hydrogen-bond acceptors (Lipinski definition) is 2. The molecule has 154 valence electrons. The van der Waals surface area contributed by atoms with Gasteiger partial charge in [0.2, 0.25) is 0 Å². The Bertz CT molecular complexity index is 370. The van der Waals surface area contributed by atoms with Crippen molar-refractivity contribution < 1.29 is 19.8 Å². The van der Waals surface area contributed by atoms with Crippen LogP contribution >= 0.6 is 0 Å². The molecule has 0 aliphatic rings. The van der Waals surface area contributed by atoms with Crippen LogP contribution in [-0.4, -0.2) is 22.2 Å². The molecule has 0 aliphatic heterocycles. The van der Waals surface area contributed by atoms with Gasteiger partial charge in [0, 0.05) is 6.42 Å². The second kappa shape index (κ2) is 14.1. The van der Waals surface area contributed by atoms with E-state index in [2.05, 4.69) is 27.7 Å². The Labute approximate surface area is 160 Å². The summed E-state index contributed by atoms with van der Waals surface area (Å²) < 4.78 is 0. The Balaban J connectivity index is 4.61. The topological polar surface area (TPSA) is 74.6 Å². The van der Waals surface area contributed by atoms with E-state index in [4.69, 9.17) is 5.11 Å². The molecule has 0 aromatic heterocycles. The molecule has 0 aromatic rings. The number of unbranched alkanes of at least 4 members (excludes halogenated alkanes) is 4. The molecule has 0 bridgehead atoms. The molecule has 0 spiro atoms. The van der Waals surface area contributed by atoms with Crippen LogP contribution in [0.2, 0.25) is 0 Å². The first kappa shape index (κ1) is 24.9.